The molecule has 7 nitrogen and oxygen atoms in total. The molecule has 0 bridgehead atoms. The van der Waals surface area contributed by atoms with Crippen LogP contribution >= 0.6 is 0 Å². The third kappa shape index (κ3) is 3.98. The van der Waals surface area contributed by atoms with Gasteiger partial charge in [-0.3, -0.25) is 9.69 Å². The van der Waals surface area contributed by atoms with Crippen molar-refractivity contribution in [2.75, 3.05) is 13.7 Å². The molecule has 1 aliphatic heterocycles. The zero-order valence-corrected chi connectivity index (χ0v) is 16.9. The fourth-order valence-corrected chi connectivity index (χ4v) is 3.83. The average Bonchev–Trinajstić information content (AvgIpc) is 3.14. The van der Waals surface area contributed by atoms with Crippen LogP contribution in [0.1, 0.15) is 51.5 Å². The van der Waals surface area contributed by atoms with Crippen LogP contribution in [-0.4, -0.2) is 53.7 Å². The molecule has 0 aromatic heterocycles. The van der Waals surface area contributed by atoms with Gasteiger partial charge in [0.1, 0.15) is 17.2 Å². The van der Waals surface area contributed by atoms with Crippen LogP contribution in [0.15, 0.2) is 30.3 Å². The molecule has 3 rings (SSSR count). The van der Waals surface area contributed by atoms with Crippen LogP contribution in [0.5, 0.6) is 0 Å². The van der Waals surface area contributed by atoms with E-state index in [4.69, 9.17) is 9.47 Å². The molecule has 0 spiro atoms. The molecule has 1 aromatic rings. The quantitative estimate of drug-likeness (QED) is 0.802. The fourth-order valence-electron chi connectivity index (χ4n) is 3.83. The maximum atomic E-state index is 13.0. The number of ether oxygens (including phenoxy) is 2. The molecule has 0 unspecified atom stereocenters. The van der Waals surface area contributed by atoms with Crippen LogP contribution in [0, 0.1) is 0 Å². The molecular weight excluding hydrogens is 360 g/mol. The summed E-state index contributed by atoms with van der Waals surface area (Å²) in [5, 5.41) is 2.89. The van der Waals surface area contributed by atoms with Crippen molar-refractivity contribution in [3.05, 3.63) is 35.9 Å². The first-order valence-electron chi connectivity index (χ1n) is 9.63. The number of esters is 1. The number of nitrogens with zero attached hydrogens (tertiary/aromatic N) is 1. The first kappa shape index (κ1) is 20.2. The van der Waals surface area contributed by atoms with E-state index < -0.39 is 29.2 Å². The SMILES string of the molecule is COC(=O)[C@@]1(NC(=O)[C@@H]2CCCN2C(=O)OC(C)(C)C)C[C@H]1c1ccccc1. The van der Waals surface area contributed by atoms with Crippen molar-refractivity contribution in [1.82, 2.24) is 10.2 Å². The van der Waals surface area contributed by atoms with E-state index in [1.165, 1.54) is 12.0 Å². The summed E-state index contributed by atoms with van der Waals surface area (Å²) in [5.74, 6) is -0.940. The predicted octanol–water partition coefficient (Wildman–Crippen LogP) is 2.60. The zero-order chi connectivity index (χ0) is 20.5. The van der Waals surface area contributed by atoms with Gasteiger partial charge in [0.25, 0.3) is 0 Å². The molecular formula is C21H28N2O5. The minimum atomic E-state index is -1.07. The molecule has 152 valence electrons. The lowest BCUT2D eigenvalue weighted by molar-refractivity contribution is -0.147. The maximum absolute atomic E-state index is 13.0. The lowest BCUT2D eigenvalue weighted by Gasteiger charge is -2.29. The van der Waals surface area contributed by atoms with Crippen molar-refractivity contribution in [3.8, 4) is 0 Å². The first-order chi connectivity index (χ1) is 13.2. The van der Waals surface area contributed by atoms with Gasteiger partial charge in [-0.2, -0.15) is 0 Å². The average molecular weight is 388 g/mol. The van der Waals surface area contributed by atoms with Gasteiger partial charge in [0.2, 0.25) is 5.91 Å². The van der Waals surface area contributed by atoms with Gasteiger partial charge in [0.15, 0.2) is 0 Å². The number of rotatable bonds is 4. The normalized spacial score (nSPS) is 26.5. The van der Waals surface area contributed by atoms with Gasteiger partial charge >= 0.3 is 12.1 Å². The van der Waals surface area contributed by atoms with Crippen molar-refractivity contribution in [1.29, 1.82) is 0 Å². The van der Waals surface area contributed by atoms with E-state index in [1.807, 2.05) is 30.3 Å². The van der Waals surface area contributed by atoms with Crippen LogP contribution in [0.3, 0.4) is 0 Å². The van der Waals surface area contributed by atoms with Gasteiger partial charge in [0, 0.05) is 12.5 Å². The Bertz CT molecular complexity index is 758. The Labute approximate surface area is 165 Å². The lowest BCUT2D eigenvalue weighted by atomic mass is 10.1. The molecule has 2 aliphatic rings. The highest BCUT2D eigenvalue weighted by Gasteiger charge is 2.63. The monoisotopic (exact) mass is 388 g/mol. The highest BCUT2D eigenvalue weighted by atomic mass is 16.6. The van der Waals surface area contributed by atoms with Crippen LogP contribution in [0.4, 0.5) is 4.79 Å². The van der Waals surface area contributed by atoms with Gasteiger partial charge < -0.3 is 14.8 Å². The molecule has 1 heterocycles. The molecule has 3 atom stereocenters. The second-order valence-electron chi connectivity index (χ2n) is 8.45. The van der Waals surface area contributed by atoms with Gasteiger partial charge in [-0.05, 0) is 45.6 Å². The van der Waals surface area contributed by atoms with Gasteiger partial charge in [0.05, 0.1) is 7.11 Å². The Morgan fingerprint density at radius 2 is 1.86 bits per heavy atom. The van der Waals surface area contributed by atoms with Crippen LogP contribution in [0.2, 0.25) is 0 Å². The summed E-state index contributed by atoms with van der Waals surface area (Å²) in [6.45, 7) is 5.82. The number of hydrogen-bond donors (Lipinski definition) is 1. The summed E-state index contributed by atoms with van der Waals surface area (Å²) in [6.07, 6.45) is 1.23. The Morgan fingerprint density at radius 3 is 2.46 bits per heavy atom. The number of hydrogen-bond acceptors (Lipinski definition) is 5. The highest BCUT2D eigenvalue weighted by Crippen LogP contribution is 2.52. The van der Waals surface area contributed by atoms with E-state index in [-0.39, 0.29) is 11.8 Å². The molecule has 0 radical (unpaired) electrons. The molecule has 28 heavy (non-hydrogen) atoms. The lowest BCUT2D eigenvalue weighted by Crippen LogP contribution is -2.53. The maximum Gasteiger partial charge on any atom is 0.410 e. The van der Waals surface area contributed by atoms with Crippen LogP contribution < -0.4 is 5.32 Å². The van der Waals surface area contributed by atoms with E-state index in [9.17, 15) is 14.4 Å². The molecule has 7 heteroatoms. The second-order valence-corrected chi connectivity index (χ2v) is 8.45. The topological polar surface area (TPSA) is 84.9 Å². The number of amides is 2. The van der Waals surface area contributed by atoms with Crippen LogP contribution in [0.25, 0.3) is 0 Å². The van der Waals surface area contributed by atoms with Crippen molar-refractivity contribution < 1.29 is 23.9 Å². The predicted molar refractivity (Wildman–Crippen MR) is 103 cm³/mol. The van der Waals surface area contributed by atoms with Crippen molar-refractivity contribution in [3.63, 3.8) is 0 Å². The first-order valence-corrected chi connectivity index (χ1v) is 9.63. The molecule has 2 fully saturated rings. The summed E-state index contributed by atoms with van der Waals surface area (Å²) in [4.78, 5) is 39.4. The van der Waals surface area contributed by atoms with E-state index >= 15 is 0 Å². The molecule has 1 saturated carbocycles. The summed E-state index contributed by atoms with van der Waals surface area (Å²) in [6, 6.07) is 8.93. The summed E-state index contributed by atoms with van der Waals surface area (Å²) < 4.78 is 10.4. The minimum Gasteiger partial charge on any atom is -0.467 e. The summed E-state index contributed by atoms with van der Waals surface area (Å²) in [7, 11) is 1.32. The molecule has 1 aromatic carbocycles. The smallest absolute Gasteiger partial charge is 0.410 e. The molecule has 1 aliphatic carbocycles. The molecule has 2 amide bonds. The highest BCUT2D eigenvalue weighted by molar-refractivity contribution is 5.95. The third-order valence-corrected chi connectivity index (χ3v) is 5.24. The fraction of sp³-hybridized carbons (Fsp3) is 0.571. The standard InChI is InChI=1S/C21H28N2O5/c1-20(2,3)28-19(26)23-12-8-11-16(23)17(24)22-21(18(25)27-4)13-15(21)14-9-6-5-7-10-14/h5-7,9-10,15-16H,8,11-13H2,1-4H3,(H,22,24)/t15-,16-,21+/m0/s1. The summed E-state index contributed by atoms with van der Waals surface area (Å²) >= 11 is 0. The summed E-state index contributed by atoms with van der Waals surface area (Å²) in [5.41, 5.74) is -0.735. The Hall–Kier alpha value is -2.57. The van der Waals surface area contributed by atoms with E-state index in [0.717, 1.165) is 5.56 Å². The third-order valence-electron chi connectivity index (χ3n) is 5.24. The number of likely N-dealkylation sites (tertiary alicyclic amines) is 1. The Balaban J connectivity index is 1.74. The van der Waals surface area contributed by atoms with Gasteiger partial charge in [-0.15, -0.1) is 0 Å². The number of carbonyl (C=O) groups is 3. The Morgan fingerprint density at radius 1 is 1.18 bits per heavy atom. The Kier molecular flexibility index (Phi) is 5.37. The van der Waals surface area contributed by atoms with Gasteiger partial charge in [-0.1, -0.05) is 30.3 Å². The zero-order valence-electron chi connectivity index (χ0n) is 16.9. The minimum absolute atomic E-state index is 0.138. The van der Waals surface area contributed by atoms with E-state index in [2.05, 4.69) is 5.32 Å². The molecule has 1 saturated heterocycles. The number of nitrogens with one attached hydrogen (secondary N) is 1. The number of benzene rings is 1. The number of carbonyl (C=O) groups excluding carboxylic acids is 3. The van der Waals surface area contributed by atoms with E-state index in [0.29, 0.717) is 25.8 Å². The van der Waals surface area contributed by atoms with Crippen molar-refractivity contribution in [2.45, 2.75) is 63.1 Å². The largest absolute Gasteiger partial charge is 0.467 e. The van der Waals surface area contributed by atoms with Crippen LogP contribution in [-0.2, 0) is 19.1 Å². The van der Waals surface area contributed by atoms with Crippen molar-refractivity contribution >= 4 is 18.0 Å². The second kappa shape index (κ2) is 7.45. The van der Waals surface area contributed by atoms with E-state index in [1.54, 1.807) is 20.8 Å². The molecule has 1 N–H and O–H groups in total. The van der Waals surface area contributed by atoms with Gasteiger partial charge in [-0.25, -0.2) is 9.59 Å². The van der Waals surface area contributed by atoms with Crippen molar-refractivity contribution in [2.24, 2.45) is 0 Å². The number of methoxy groups -OCH3 is 1.